The number of pyridine rings is 1. The van der Waals surface area contributed by atoms with Gasteiger partial charge in [-0.15, -0.1) is 0 Å². The molecule has 1 aromatic heterocycles. The molecule has 3 aromatic rings. The van der Waals surface area contributed by atoms with Gasteiger partial charge in [0.15, 0.2) is 5.75 Å². The van der Waals surface area contributed by atoms with E-state index in [2.05, 4.69) is 42.2 Å². The Hall–Kier alpha value is -2.05. The number of rotatable bonds is 7. The fourth-order valence-corrected chi connectivity index (χ4v) is 4.99. The number of piperidine rings is 1. The highest BCUT2D eigenvalue weighted by molar-refractivity contribution is 6.37. The number of phenolic OH excluding ortho intramolecular Hbond substituents is 1. The first kappa shape index (κ1) is 24.1. The zero-order chi connectivity index (χ0) is 23.5. The van der Waals surface area contributed by atoms with Crippen molar-refractivity contribution in [1.29, 1.82) is 0 Å². The van der Waals surface area contributed by atoms with E-state index < -0.39 is 0 Å². The van der Waals surface area contributed by atoms with Gasteiger partial charge in [0.2, 0.25) is 0 Å². The fraction of sp³-hybridized carbons (Fsp3) is 0.423. The molecule has 0 saturated carbocycles. The van der Waals surface area contributed by atoms with Crippen molar-refractivity contribution in [3.8, 4) is 16.9 Å². The molecule has 0 radical (unpaired) electrons. The Morgan fingerprint density at radius 3 is 2.61 bits per heavy atom. The number of halogens is 2. The van der Waals surface area contributed by atoms with Crippen LogP contribution in [0.5, 0.6) is 5.75 Å². The van der Waals surface area contributed by atoms with Gasteiger partial charge in [-0.25, -0.2) is 0 Å². The Labute approximate surface area is 206 Å². The van der Waals surface area contributed by atoms with Crippen LogP contribution in [0.3, 0.4) is 0 Å². The SMILES string of the molecule is CCc1cnc2ccc(-c3cc(Cl)c(O)c(Cl)c3)cc2c1NC1CCCN(CCN(C)C)C1. The zero-order valence-corrected chi connectivity index (χ0v) is 21.0. The third-order valence-corrected chi connectivity index (χ3v) is 6.97. The van der Waals surface area contributed by atoms with E-state index in [1.54, 1.807) is 12.1 Å². The second-order valence-electron chi connectivity index (χ2n) is 9.12. The predicted octanol–water partition coefficient (Wildman–Crippen LogP) is 5.91. The van der Waals surface area contributed by atoms with Gasteiger partial charge >= 0.3 is 0 Å². The van der Waals surface area contributed by atoms with E-state index in [1.807, 2.05) is 18.3 Å². The second-order valence-corrected chi connectivity index (χ2v) is 9.93. The molecule has 1 aliphatic heterocycles. The molecule has 4 rings (SSSR count). The summed E-state index contributed by atoms with van der Waals surface area (Å²) in [5.74, 6) is -0.0868. The molecule has 1 saturated heterocycles. The summed E-state index contributed by atoms with van der Waals surface area (Å²) in [6.07, 6.45) is 5.26. The smallest absolute Gasteiger partial charge is 0.152 e. The summed E-state index contributed by atoms with van der Waals surface area (Å²) in [6.45, 7) is 6.54. The summed E-state index contributed by atoms with van der Waals surface area (Å²) in [4.78, 5) is 9.51. The number of nitrogens with zero attached hydrogens (tertiary/aromatic N) is 3. The monoisotopic (exact) mass is 486 g/mol. The topological polar surface area (TPSA) is 51.6 Å². The van der Waals surface area contributed by atoms with Crippen molar-refractivity contribution < 1.29 is 5.11 Å². The van der Waals surface area contributed by atoms with Gasteiger partial charge in [0, 0.05) is 42.9 Å². The number of benzene rings is 2. The molecule has 2 heterocycles. The minimum atomic E-state index is -0.0868. The molecule has 0 spiro atoms. The first-order chi connectivity index (χ1) is 15.9. The lowest BCUT2D eigenvalue weighted by atomic mass is 9.99. The molecule has 0 bridgehead atoms. The Morgan fingerprint density at radius 1 is 1.15 bits per heavy atom. The van der Waals surface area contributed by atoms with Gasteiger partial charge in [0.05, 0.1) is 15.6 Å². The highest BCUT2D eigenvalue weighted by Gasteiger charge is 2.21. The Balaban J connectivity index is 1.67. The Kier molecular flexibility index (Phi) is 7.65. The maximum absolute atomic E-state index is 9.94. The molecule has 0 amide bonds. The number of aryl methyl sites for hydroxylation is 1. The molecule has 1 unspecified atom stereocenters. The van der Waals surface area contributed by atoms with Gasteiger partial charge in [0.25, 0.3) is 0 Å². The molecule has 1 fully saturated rings. The summed E-state index contributed by atoms with van der Waals surface area (Å²) >= 11 is 12.4. The van der Waals surface area contributed by atoms with Gasteiger partial charge in [-0.05, 0) is 80.9 Å². The van der Waals surface area contributed by atoms with Crippen LogP contribution >= 0.6 is 23.2 Å². The van der Waals surface area contributed by atoms with Crippen molar-refractivity contribution in [3.63, 3.8) is 0 Å². The summed E-state index contributed by atoms with van der Waals surface area (Å²) < 4.78 is 0. The van der Waals surface area contributed by atoms with Gasteiger partial charge in [-0.1, -0.05) is 36.2 Å². The molecule has 33 heavy (non-hydrogen) atoms. The van der Waals surface area contributed by atoms with E-state index in [4.69, 9.17) is 28.2 Å². The average Bonchev–Trinajstić information content (AvgIpc) is 2.81. The number of likely N-dealkylation sites (tertiary alicyclic amines) is 1. The normalized spacial score (nSPS) is 17.1. The van der Waals surface area contributed by atoms with E-state index in [0.29, 0.717) is 6.04 Å². The number of hydrogen-bond donors (Lipinski definition) is 2. The quantitative estimate of drug-likeness (QED) is 0.434. The average molecular weight is 487 g/mol. The van der Waals surface area contributed by atoms with Gasteiger partial charge in [0.1, 0.15) is 0 Å². The maximum atomic E-state index is 9.94. The number of hydrogen-bond acceptors (Lipinski definition) is 5. The van der Waals surface area contributed by atoms with Crippen LogP contribution in [0.4, 0.5) is 5.69 Å². The number of phenols is 1. The molecular weight excluding hydrogens is 455 g/mol. The number of aromatic hydroxyl groups is 1. The minimum absolute atomic E-state index is 0.0868. The summed E-state index contributed by atoms with van der Waals surface area (Å²) in [5.41, 5.74) is 5.19. The molecule has 5 nitrogen and oxygen atoms in total. The maximum Gasteiger partial charge on any atom is 0.152 e. The second kappa shape index (κ2) is 10.5. The Morgan fingerprint density at radius 2 is 1.91 bits per heavy atom. The summed E-state index contributed by atoms with van der Waals surface area (Å²) in [7, 11) is 4.25. The van der Waals surface area contributed by atoms with Gasteiger partial charge in [-0.2, -0.15) is 0 Å². The molecule has 176 valence electrons. The van der Waals surface area contributed by atoms with Crippen LogP contribution in [0, 0.1) is 0 Å². The van der Waals surface area contributed by atoms with Crippen molar-refractivity contribution in [2.75, 3.05) is 45.6 Å². The number of fused-ring (bicyclic) bond motifs is 1. The highest BCUT2D eigenvalue weighted by atomic mass is 35.5. The first-order valence-corrected chi connectivity index (χ1v) is 12.3. The van der Waals surface area contributed by atoms with E-state index in [0.717, 1.165) is 61.1 Å². The molecule has 1 aliphatic rings. The highest BCUT2D eigenvalue weighted by Crippen LogP contribution is 2.38. The van der Waals surface area contributed by atoms with Crippen molar-refractivity contribution in [3.05, 3.63) is 52.1 Å². The summed E-state index contributed by atoms with van der Waals surface area (Å²) in [5, 5.41) is 15.4. The van der Waals surface area contributed by atoms with E-state index in [1.165, 1.54) is 17.7 Å². The zero-order valence-electron chi connectivity index (χ0n) is 19.5. The van der Waals surface area contributed by atoms with E-state index in [-0.39, 0.29) is 15.8 Å². The third-order valence-electron chi connectivity index (χ3n) is 6.40. The minimum Gasteiger partial charge on any atom is -0.505 e. The molecule has 7 heteroatoms. The number of likely N-dealkylation sites (N-methyl/N-ethyl adjacent to an activating group) is 1. The molecule has 2 aromatic carbocycles. The largest absolute Gasteiger partial charge is 0.505 e. The molecule has 2 N–H and O–H groups in total. The molecular formula is C26H32Cl2N4O. The van der Waals surface area contributed by atoms with Crippen molar-refractivity contribution in [2.24, 2.45) is 0 Å². The fourth-order valence-electron chi connectivity index (χ4n) is 4.51. The standard InChI is InChI=1S/C26H32Cl2N4O/c1-4-17-15-29-24-8-7-18(19-13-22(27)26(33)23(28)14-19)12-21(24)25(17)30-20-6-5-9-32(16-20)11-10-31(2)3/h7-8,12-15,20,33H,4-6,9-11,16H2,1-3H3,(H,29,30). The van der Waals surface area contributed by atoms with E-state index >= 15 is 0 Å². The number of nitrogens with one attached hydrogen (secondary N) is 1. The third kappa shape index (κ3) is 5.55. The van der Waals surface area contributed by atoms with Crippen LogP contribution in [0.2, 0.25) is 10.0 Å². The van der Waals surface area contributed by atoms with Crippen LogP contribution < -0.4 is 5.32 Å². The lowest BCUT2D eigenvalue weighted by molar-refractivity contribution is 0.197. The summed E-state index contributed by atoms with van der Waals surface area (Å²) in [6, 6.07) is 10.1. The van der Waals surface area contributed by atoms with Crippen LogP contribution in [0.1, 0.15) is 25.3 Å². The van der Waals surface area contributed by atoms with Crippen LogP contribution in [0.15, 0.2) is 36.5 Å². The first-order valence-electron chi connectivity index (χ1n) is 11.6. The van der Waals surface area contributed by atoms with Crippen molar-refractivity contribution in [2.45, 2.75) is 32.2 Å². The van der Waals surface area contributed by atoms with Crippen molar-refractivity contribution in [1.82, 2.24) is 14.8 Å². The number of aromatic nitrogens is 1. The van der Waals surface area contributed by atoms with Crippen LogP contribution in [-0.2, 0) is 6.42 Å². The van der Waals surface area contributed by atoms with Crippen LogP contribution in [0.25, 0.3) is 22.0 Å². The van der Waals surface area contributed by atoms with Gasteiger partial charge < -0.3 is 20.2 Å². The molecule has 1 atom stereocenters. The van der Waals surface area contributed by atoms with Crippen molar-refractivity contribution >= 4 is 39.8 Å². The van der Waals surface area contributed by atoms with Crippen LogP contribution in [-0.4, -0.2) is 66.2 Å². The lowest BCUT2D eigenvalue weighted by Gasteiger charge is -2.35. The lowest BCUT2D eigenvalue weighted by Crippen LogP contribution is -2.44. The molecule has 0 aliphatic carbocycles. The van der Waals surface area contributed by atoms with E-state index in [9.17, 15) is 5.11 Å². The Bertz CT molecular complexity index is 1110. The van der Waals surface area contributed by atoms with Gasteiger partial charge in [-0.3, -0.25) is 4.98 Å². The number of anilines is 1. The predicted molar refractivity (Wildman–Crippen MR) is 140 cm³/mol.